The minimum absolute atomic E-state index is 0.575. The van der Waals surface area contributed by atoms with Gasteiger partial charge in [-0.3, -0.25) is 9.69 Å². The number of benzene rings is 1. The average molecular weight is 356 g/mol. The molecule has 1 N–H and O–H groups in total. The van der Waals surface area contributed by atoms with E-state index in [2.05, 4.69) is 20.8 Å². The van der Waals surface area contributed by atoms with Crippen LogP contribution in [0.2, 0.25) is 0 Å². The van der Waals surface area contributed by atoms with Gasteiger partial charge in [0.2, 0.25) is 0 Å². The summed E-state index contributed by atoms with van der Waals surface area (Å²) in [6.07, 6.45) is 2.38. The van der Waals surface area contributed by atoms with Crippen molar-refractivity contribution in [2.75, 3.05) is 20.2 Å². The summed E-state index contributed by atoms with van der Waals surface area (Å²) in [4.78, 5) is 13.8. The Kier molecular flexibility index (Phi) is 5.27. The molecule has 0 aliphatic carbocycles. The number of hydrogen-bond acceptors (Lipinski definition) is 3. The molecule has 21 heavy (non-hydrogen) atoms. The van der Waals surface area contributed by atoms with Gasteiger partial charge in [-0.05, 0) is 37.6 Å². The third-order valence-corrected chi connectivity index (χ3v) is 4.74. The number of nitrogens with zero attached hydrogens (tertiary/aromatic N) is 1. The lowest BCUT2D eigenvalue weighted by Crippen LogP contribution is -2.34. The Morgan fingerprint density at radius 1 is 1.52 bits per heavy atom. The van der Waals surface area contributed by atoms with Gasteiger partial charge in [0.25, 0.3) is 0 Å². The number of carbonyl (C=O) groups is 1. The average Bonchev–Trinajstić information content (AvgIpc) is 2.84. The van der Waals surface area contributed by atoms with Gasteiger partial charge in [0.1, 0.15) is 5.75 Å². The fourth-order valence-electron chi connectivity index (χ4n) is 3.17. The summed E-state index contributed by atoms with van der Waals surface area (Å²) in [6, 6.07) is 5.93. The van der Waals surface area contributed by atoms with Gasteiger partial charge in [0.15, 0.2) is 0 Å². The van der Waals surface area contributed by atoms with E-state index in [9.17, 15) is 9.90 Å². The first kappa shape index (κ1) is 16.3. The van der Waals surface area contributed by atoms with Crippen LogP contribution in [-0.4, -0.2) is 36.2 Å². The summed E-state index contributed by atoms with van der Waals surface area (Å²) in [5.74, 6) is 0.189. The summed E-state index contributed by atoms with van der Waals surface area (Å²) in [6.45, 7) is 4.21. The number of aliphatic carboxylic acids is 1. The summed E-state index contributed by atoms with van der Waals surface area (Å²) < 4.78 is 6.40. The van der Waals surface area contributed by atoms with Crippen LogP contribution < -0.4 is 4.74 Å². The topological polar surface area (TPSA) is 49.8 Å². The number of halogens is 1. The van der Waals surface area contributed by atoms with E-state index in [-0.39, 0.29) is 0 Å². The zero-order valence-corrected chi connectivity index (χ0v) is 14.1. The highest BCUT2D eigenvalue weighted by molar-refractivity contribution is 9.10. The lowest BCUT2D eigenvalue weighted by molar-refractivity contribution is -0.148. The molecule has 1 aliphatic rings. The Morgan fingerprint density at radius 3 is 2.90 bits per heavy atom. The minimum Gasteiger partial charge on any atom is -0.496 e. The standard InChI is InChI=1S/C16H22BrNO3/c1-3-6-16(15(19)20)7-8-18(11-16)10-12-9-13(17)4-5-14(12)21-2/h4-5,9H,3,6-8,10-11H2,1-2H3,(H,19,20). The van der Waals surface area contributed by atoms with Crippen molar-refractivity contribution in [2.45, 2.75) is 32.7 Å². The normalized spacial score (nSPS) is 22.4. The Labute approximate surface area is 134 Å². The second-order valence-corrected chi connectivity index (χ2v) is 6.67. The second kappa shape index (κ2) is 6.79. The molecule has 1 heterocycles. The van der Waals surface area contributed by atoms with Crippen molar-refractivity contribution >= 4 is 21.9 Å². The van der Waals surface area contributed by atoms with Crippen LogP contribution in [-0.2, 0) is 11.3 Å². The largest absolute Gasteiger partial charge is 0.496 e. The van der Waals surface area contributed by atoms with Gasteiger partial charge in [-0.2, -0.15) is 0 Å². The predicted molar refractivity (Wildman–Crippen MR) is 85.6 cm³/mol. The van der Waals surface area contributed by atoms with Gasteiger partial charge in [0.05, 0.1) is 12.5 Å². The number of likely N-dealkylation sites (tertiary alicyclic amines) is 1. The number of carboxylic acid groups (broad SMARTS) is 1. The van der Waals surface area contributed by atoms with E-state index < -0.39 is 11.4 Å². The monoisotopic (exact) mass is 355 g/mol. The first-order chi connectivity index (χ1) is 10.0. The molecular weight excluding hydrogens is 334 g/mol. The van der Waals surface area contributed by atoms with Crippen molar-refractivity contribution in [1.82, 2.24) is 4.90 Å². The van der Waals surface area contributed by atoms with Crippen LogP contribution in [0, 0.1) is 5.41 Å². The van der Waals surface area contributed by atoms with Crippen molar-refractivity contribution < 1.29 is 14.6 Å². The third kappa shape index (κ3) is 3.58. The van der Waals surface area contributed by atoms with Crippen molar-refractivity contribution in [2.24, 2.45) is 5.41 Å². The third-order valence-electron chi connectivity index (χ3n) is 4.25. The number of ether oxygens (including phenoxy) is 1. The Balaban J connectivity index is 2.12. The minimum atomic E-state index is -0.659. The maximum Gasteiger partial charge on any atom is 0.310 e. The molecule has 0 radical (unpaired) electrons. The first-order valence-corrected chi connectivity index (χ1v) is 8.08. The van der Waals surface area contributed by atoms with E-state index in [4.69, 9.17) is 4.74 Å². The number of methoxy groups -OCH3 is 1. The van der Waals surface area contributed by atoms with Gasteiger partial charge < -0.3 is 9.84 Å². The van der Waals surface area contributed by atoms with Gasteiger partial charge in [-0.25, -0.2) is 0 Å². The molecule has 116 valence electrons. The van der Waals surface area contributed by atoms with Crippen LogP contribution in [0.3, 0.4) is 0 Å². The smallest absolute Gasteiger partial charge is 0.310 e. The molecule has 0 bridgehead atoms. The van der Waals surface area contributed by atoms with E-state index in [0.717, 1.165) is 48.1 Å². The summed E-state index contributed by atoms with van der Waals surface area (Å²) in [5, 5.41) is 9.56. The summed E-state index contributed by atoms with van der Waals surface area (Å²) >= 11 is 3.48. The van der Waals surface area contributed by atoms with E-state index >= 15 is 0 Å². The quantitative estimate of drug-likeness (QED) is 0.847. The van der Waals surface area contributed by atoms with Crippen molar-refractivity contribution in [3.63, 3.8) is 0 Å². The van der Waals surface area contributed by atoms with Crippen LogP contribution in [0.5, 0.6) is 5.75 Å². The maximum absolute atomic E-state index is 11.6. The van der Waals surface area contributed by atoms with Gasteiger partial charge in [-0.15, -0.1) is 0 Å². The van der Waals surface area contributed by atoms with E-state index in [1.165, 1.54) is 0 Å². The molecule has 1 aromatic rings. The second-order valence-electron chi connectivity index (χ2n) is 5.75. The van der Waals surface area contributed by atoms with Crippen molar-refractivity contribution in [3.8, 4) is 5.75 Å². The zero-order chi connectivity index (χ0) is 15.5. The molecule has 1 aromatic carbocycles. The molecular formula is C16H22BrNO3. The van der Waals surface area contributed by atoms with Crippen LogP contribution >= 0.6 is 15.9 Å². The highest BCUT2D eigenvalue weighted by atomic mass is 79.9. The highest BCUT2D eigenvalue weighted by Gasteiger charge is 2.43. The van der Waals surface area contributed by atoms with Crippen LogP contribution in [0.4, 0.5) is 0 Å². The van der Waals surface area contributed by atoms with Crippen LogP contribution in [0.15, 0.2) is 22.7 Å². The molecule has 1 atom stereocenters. The van der Waals surface area contributed by atoms with Crippen LogP contribution in [0.1, 0.15) is 31.7 Å². The predicted octanol–water partition coefficient (Wildman–Crippen LogP) is 3.53. The molecule has 1 fully saturated rings. The van der Waals surface area contributed by atoms with Gasteiger partial charge in [-0.1, -0.05) is 29.3 Å². The van der Waals surface area contributed by atoms with E-state index in [1.807, 2.05) is 25.1 Å². The molecule has 1 saturated heterocycles. The molecule has 5 heteroatoms. The van der Waals surface area contributed by atoms with Crippen molar-refractivity contribution in [3.05, 3.63) is 28.2 Å². The molecule has 4 nitrogen and oxygen atoms in total. The molecule has 0 aromatic heterocycles. The van der Waals surface area contributed by atoms with E-state index in [0.29, 0.717) is 6.54 Å². The van der Waals surface area contributed by atoms with Crippen LogP contribution in [0.25, 0.3) is 0 Å². The Morgan fingerprint density at radius 2 is 2.29 bits per heavy atom. The molecule has 2 rings (SSSR count). The lowest BCUT2D eigenvalue weighted by atomic mass is 9.83. The SMILES string of the molecule is CCCC1(C(=O)O)CCN(Cc2cc(Br)ccc2OC)C1. The number of rotatable bonds is 6. The Hall–Kier alpha value is -1.07. The van der Waals surface area contributed by atoms with Gasteiger partial charge >= 0.3 is 5.97 Å². The number of carboxylic acids is 1. The fourth-order valence-corrected chi connectivity index (χ4v) is 3.58. The fraction of sp³-hybridized carbons (Fsp3) is 0.562. The Bertz CT molecular complexity index is 520. The molecule has 0 saturated carbocycles. The summed E-state index contributed by atoms with van der Waals surface area (Å²) in [7, 11) is 1.66. The highest BCUT2D eigenvalue weighted by Crippen LogP contribution is 2.37. The molecule has 0 amide bonds. The number of hydrogen-bond donors (Lipinski definition) is 1. The molecule has 0 spiro atoms. The first-order valence-electron chi connectivity index (χ1n) is 7.29. The molecule has 1 unspecified atom stereocenters. The molecule has 1 aliphatic heterocycles. The van der Waals surface area contributed by atoms with E-state index in [1.54, 1.807) is 7.11 Å². The lowest BCUT2D eigenvalue weighted by Gasteiger charge is -2.24. The zero-order valence-electron chi connectivity index (χ0n) is 12.6. The maximum atomic E-state index is 11.6. The van der Waals surface area contributed by atoms with Crippen molar-refractivity contribution in [1.29, 1.82) is 0 Å². The summed E-state index contributed by atoms with van der Waals surface area (Å²) in [5.41, 5.74) is 0.512. The van der Waals surface area contributed by atoms with Gasteiger partial charge in [0, 0.05) is 23.1 Å².